The van der Waals surface area contributed by atoms with Gasteiger partial charge in [0, 0.05) is 12.5 Å². The second-order valence-corrected chi connectivity index (χ2v) is 5.36. The molecule has 2 unspecified atom stereocenters. The minimum absolute atomic E-state index is 0.222. The van der Waals surface area contributed by atoms with Gasteiger partial charge in [0.15, 0.2) is 0 Å². The second-order valence-electron chi connectivity index (χ2n) is 5.36. The van der Waals surface area contributed by atoms with E-state index >= 15 is 0 Å². The van der Waals surface area contributed by atoms with Crippen LogP contribution in [0.4, 0.5) is 0 Å². The zero-order valence-electron chi connectivity index (χ0n) is 10.8. The topological polar surface area (TPSA) is 38.7 Å². The van der Waals surface area contributed by atoms with E-state index in [1.807, 2.05) is 12.1 Å². The Kier molecular flexibility index (Phi) is 3.04. The average molecular weight is 248 g/mol. The van der Waals surface area contributed by atoms with E-state index in [0.29, 0.717) is 6.61 Å². The summed E-state index contributed by atoms with van der Waals surface area (Å²) in [5, 5.41) is 11.1. The fourth-order valence-electron chi connectivity index (χ4n) is 3.30. The predicted octanol–water partition coefficient (Wildman–Crippen LogP) is 2.26. The zero-order valence-corrected chi connectivity index (χ0v) is 10.8. The molecule has 1 aliphatic carbocycles. The van der Waals surface area contributed by atoms with Crippen molar-refractivity contribution in [2.45, 2.75) is 31.3 Å². The Labute approximate surface area is 108 Å². The number of rotatable bonds is 2. The molecule has 0 aromatic heterocycles. The highest BCUT2D eigenvalue weighted by Gasteiger charge is 2.44. The van der Waals surface area contributed by atoms with Gasteiger partial charge in [-0.15, -0.1) is 0 Å². The summed E-state index contributed by atoms with van der Waals surface area (Å²) in [7, 11) is 1.67. The summed E-state index contributed by atoms with van der Waals surface area (Å²) >= 11 is 0. The second kappa shape index (κ2) is 4.56. The number of aryl methyl sites for hydroxylation is 1. The maximum Gasteiger partial charge on any atom is 0.119 e. The lowest BCUT2D eigenvalue weighted by Gasteiger charge is -2.36. The molecule has 1 aromatic rings. The molecule has 0 radical (unpaired) electrons. The van der Waals surface area contributed by atoms with Crippen LogP contribution in [-0.2, 0) is 16.8 Å². The fraction of sp³-hybridized carbons (Fsp3) is 0.600. The van der Waals surface area contributed by atoms with E-state index in [-0.39, 0.29) is 5.92 Å². The smallest absolute Gasteiger partial charge is 0.119 e. The Morgan fingerprint density at radius 2 is 2.33 bits per heavy atom. The summed E-state index contributed by atoms with van der Waals surface area (Å²) in [4.78, 5) is 0. The van der Waals surface area contributed by atoms with Crippen molar-refractivity contribution in [1.29, 1.82) is 0 Å². The maximum atomic E-state index is 11.1. The van der Waals surface area contributed by atoms with Gasteiger partial charge in [-0.05, 0) is 48.9 Å². The lowest BCUT2D eigenvalue weighted by Crippen LogP contribution is -2.38. The molecule has 2 atom stereocenters. The molecule has 3 heteroatoms. The zero-order chi connectivity index (χ0) is 12.6. The molecule has 1 fully saturated rings. The first kappa shape index (κ1) is 12.0. The summed E-state index contributed by atoms with van der Waals surface area (Å²) in [6, 6.07) is 6.05. The van der Waals surface area contributed by atoms with E-state index in [0.717, 1.165) is 43.6 Å². The van der Waals surface area contributed by atoms with Crippen LogP contribution in [0.2, 0.25) is 0 Å². The number of benzene rings is 1. The van der Waals surface area contributed by atoms with E-state index in [1.54, 1.807) is 7.11 Å². The third-order valence-corrected chi connectivity index (χ3v) is 4.39. The molecule has 0 bridgehead atoms. The van der Waals surface area contributed by atoms with Crippen molar-refractivity contribution in [3.8, 4) is 5.75 Å². The van der Waals surface area contributed by atoms with Gasteiger partial charge in [-0.2, -0.15) is 0 Å². The van der Waals surface area contributed by atoms with Crippen LogP contribution in [0.1, 0.15) is 30.4 Å². The maximum absolute atomic E-state index is 11.1. The fourth-order valence-corrected chi connectivity index (χ4v) is 3.30. The third-order valence-electron chi connectivity index (χ3n) is 4.39. The molecule has 1 aromatic carbocycles. The highest BCUT2D eigenvalue weighted by atomic mass is 16.5. The van der Waals surface area contributed by atoms with Crippen molar-refractivity contribution in [2.75, 3.05) is 20.3 Å². The van der Waals surface area contributed by atoms with Crippen LogP contribution in [-0.4, -0.2) is 25.4 Å². The monoisotopic (exact) mass is 248 g/mol. The number of fused-ring (bicyclic) bond motifs is 1. The lowest BCUT2D eigenvalue weighted by atomic mass is 9.79. The largest absolute Gasteiger partial charge is 0.497 e. The predicted molar refractivity (Wildman–Crippen MR) is 68.8 cm³/mol. The van der Waals surface area contributed by atoms with Crippen molar-refractivity contribution in [3.63, 3.8) is 0 Å². The SMILES string of the molecule is COc1ccc2c(c1)C(O)(C1CCCOC1)CC2. The number of aliphatic hydroxyl groups is 1. The van der Waals surface area contributed by atoms with Gasteiger partial charge < -0.3 is 14.6 Å². The summed E-state index contributed by atoms with van der Waals surface area (Å²) < 4.78 is 10.8. The normalized spacial score (nSPS) is 31.1. The van der Waals surface area contributed by atoms with Gasteiger partial charge in [0.05, 0.1) is 19.3 Å². The van der Waals surface area contributed by atoms with Crippen LogP contribution < -0.4 is 4.74 Å². The molecule has 0 saturated carbocycles. The number of hydrogen-bond acceptors (Lipinski definition) is 3. The molecular weight excluding hydrogens is 228 g/mol. The van der Waals surface area contributed by atoms with Crippen molar-refractivity contribution >= 4 is 0 Å². The molecule has 0 amide bonds. The van der Waals surface area contributed by atoms with Gasteiger partial charge in [-0.3, -0.25) is 0 Å². The molecule has 1 heterocycles. The van der Waals surface area contributed by atoms with Gasteiger partial charge in [0.1, 0.15) is 5.75 Å². The summed E-state index contributed by atoms with van der Waals surface area (Å²) in [5.74, 6) is 1.05. The van der Waals surface area contributed by atoms with E-state index < -0.39 is 5.60 Å². The average Bonchev–Trinajstić information content (AvgIpc) is 2.78. The molecule has 98 valence electrons. The number of ether oxygens (including phenoxy) is 2. The molecule has 3 nitrogen and oxygen atoms in total. The Morgan fingerprint density at radius 1 is 1.44 bits per heavy atom. The Hall–Kier alpha value is -1.06. The first-order chi connectivity index (χ1) is 8.74. The van der Waals surface area contributed by atoms with E-state index in [9.17, 15) is 5.11 Å². The van der Waals surface area contributed by atoms with Crippen LogP contribution in [0.15, 0.2) is 18.2 Å². The molecule has 2 aliphatic rings. The lowest BCUT2D eigenvalue weighted by molar-refractivity contribution is -0.0828. The van der Waals surface area contributed by atoms with Crippen LogP contribution >= 0.6 is 0 Å². The molecule has 1 saturated heterocycles. The third kappa shape index (κ3) is 1.82. The molecule has 1 aliphatic heterocycles. The standard InChI is InChI=1S/C15H20O3/c1-17-13-5-4-11-6-7-15(16,14(11)9-13)12-3-2-8-18-10-12/h4-5,9,12,16H,2-3,6-8,10H2,1H3. The Bertz CT molecular complexity index is 437. The van der Waals surface area contributed by atoms with Crippen LogP contribution in [0.25, 0.3) is 0 Å². The van der Waals surface area contributed by atoms with Crippen LogP contribution in [0.5, 0.6) is 5.75 Å². The molecular formula is C15H20O3. The van der Waals surface area contributed by atoms with Gasteiger partial charge in [-0.25, -0.2) is 0 Å². The highest BCUT2D eigenvalue weighted by Crippen LogP contribution is 2.46. The van der Waals surface area contributed by atoms with Crippen molar-refractivity contribution in [2.24, 2.45) is 5.92 Å². The van der Waals surface area contributed by atoms with Crippen molar-refractivity contribution in [3.05, 3.63) is 29.3 Å². The van der Waals surface area contributed by atoms with Gasteiger partial charge in [0.2, 0.25) is 0 Å². The van der Waals surface area contributed by atoms with E-state index in [4.69, 9.17) is 9.47 Å². The quantitative estimate of drug-likeness (QED) is 0.872. The number of methoxy groups -OCH3 is 1. The first-order valence-electron chi connectivity index (χ1n) is 6.71. The minimum atomic E-state index is -0.718. The van der Waals surface area contributed by atoms with Gasteiger partial charge >= 0.3 is 0 Å². The molecule has 0 spiro atoms. The van der Waals surface area contributed by atoms with E-state index in [1.165, 1.54) is 5.56 Å². The van der Waals surface area contributed by atoms with Gasteiger partial charge in [-0.1, -0.05) is 6.07 Å². The van der Waals surface area contributed by atoms with Gasteiger partial charge in [0.25, 0.3) is 0 Å². The Balaban J connectivity index is 1.95. The van der Waals surface area contributed by atoms with E-state index in [2.05, 4.69) is 6.07 Å². The summed E-state index contributed by atoms with van der Waals surface area (Å²) in [6.45, 7) is 1.50. The van der Waals surface area contributed by atoms with Crippen LogP contribution in [0, 0.1) is 5.92 Å². The first-order valence-corrected chi connectivity index (χ1v) is 6.71. The highest BCUT2D eigenvalue weighted by molar-refractivity contribution is 5.43. The Morgan fingerprint density at radius 3 is 3.06 bits per heavy atom. The molecule has 3 rings (SSSR count). The van der Waals surface area contributed by atoms with Crippen LogP contribution in [0.3, 0.4) is 0 Å². The summed E-state index contributed by atoms with van der Waals surface area (Å²) in [6.07, 6.45) is 3.86. The number of hydrogen-bond donors (Lipinski definition) is 1. The summed E-state index contributed by atoms with van der Waals surface area (Å²) in [5.41, 5.74) is 1.59. The van der Waals surface area contributed by atoms with Crippen molar-refractivity contribution in [1.82, 2.24) is 0 Å². The molecule has 18 heavy (non-hydrogen) atoms. The minimum Gasteiger partial charge on any atom is -0.497 e. The van der Waals surface area contributed by atoms with Crippen molar-refractivity contribution < 1.29 is 14.6 Å². The molecule has 1 N–H and O–H groups in total.